The monoisotopic (exact) mass is 160 g/mol. The lowest BCUT2D eigenvalue weighted by molar-refractivity contribution is -0.981. The minimum Gasteiger partial charge on any atom is -0.345 e. The van der Waals surface area contributed by atoms with E-state index in [0.717, 1.165) is 19.4 Å². The maximum absolute atomic E-state index is 9.64. The highest BCUT2D eigenvalue weighted by molar-refractivity contribution is 4.57. The summed E-state index contributed by atoms with van der Waals surface area (Å²) in [5.41, 5.74) is 0. The Bertz CT molecular complexity index is 140. The Morgan fingerprint density at radius 2 is 2.27 bits per heavy atom. The Labute approximate surface area is 68.2 Å². The molecule has 0 aromatic heterocycles. The first-order valence-electron chi connectivity index (χ1n) is 4.17. The Morgan fingerprint density at radius 1 is 1.64 bits per heavy atom. The van der Waals surface area contributed by atoms with Crippen molar-refractivity contribution in [3.63, 3.8) is 0 Å². The number of hydrogen-bond donors (Lipinski definition) is 1. The van der Waals surface area contributed by atoms with Gasteiger partial charge in [0, 0.05) is 26.9 Å². The van der Waals surface area contributed by atoms with Crippen LogP contribution in [0, 0.1) is 0 Å². The zero-order valence-electron chi connectivity index (χ0n) is 7.58. The fourth-order valence-corrected chi connectivity index (χ4v) is 1.72. The Kier molecular flexibility index (Phi) is 2.52. The molecular weight excluding hydrogens is 142 g/mol. The highest BCUT2D eigenvalue weighted by Crippen LogP contribution is 2.26. The van der Waals surface area contributed by atoms with Crippen molar-refractivity contribution in [1.82, 2.24) is 0 Å². The highest BCUT2D eigenvalue weighted by atomic mass is 16.5. The van der Waals surface area contributed by atoms with Crippen LogP contribution in [0.1, 0.15) is 19.8 Å². The summed E-state index contributed by atoms with van der Waals surface area (Å²) in [6.07, 6.45) is 1.88. The van der Waals surface area contributed by atoms with Crippen LogP contribution in [-0.2, 0) is 4.74 Å². The van der Waals surface area contributed by atoms with E-state index in [1.165, 1.54) is 0 Å². The Hall–Kier alpha value is -0.120. The predicted octanol–water partition coefficient (Wildman–Crippen LogP) is 0.538. The van der Waals surface area contributed by atoms with Crippen LogP contribution in [0.25, 0.3) is 0 Å². The average molecular weight is 160 g/mol. The van der Waals surface area contributed by atoms with Crippen molar-refractivity contribution in [2.75, 3.05) is 20.7 Å². The summed E-state index contributed by atoms with van der Waals surface area (Å²) in [4.78, 5) is 0. The van der Waals surface area contributed by atoms with Crippen LogP contribution in [0.5, 0.6) is 0 Å². The molecule has 1 aliphatic rings. The zero-order valence-corrected chi connectivity index (χ0v) is 7.58. The molecule has 1 heterocycles. The summed E-state index contributed by atoms with van der Waals surface area (Å²) in [5.74, 6) is 0. The third-order valence-electron chi connectivity index (χ3n) is 2.95. The van der Waals surface area contributed by atoms with Crippen LogP contribution in [0.3, 0.4) is 0 Å². The largest absolute Gasteiger partial charge is 0.345 e. The van der Waals surface area contributed by atoms with E-state index < -0.39 is 0 Å². The van der Waals surface area contributed by atoms with Gasteiger partial charge in [0.15, 0.2) is 12.5 Å². The fourth-order valence-electron chi connectivity index (χ4n) is 1.72. The molecule has 66 valence electrons. The van der Waals surface area contributed by atoms with Crippen LogP contribution in [0.4, 0.5) is 0 Å². The molecule has 1 N–H and O–H groups in total. The molecule has 1 fully saturated rings. The van der Waals surface area contributed by atoms with Gasteiger partial charge in [0.1, 0.15) is 0 Å². The molecule has 3 atom stereocenters. The number of nitrogens with zero attached hydrogens (tertiary/aromatic N) is 1. The van der Waals surface area contributed by atoms with Gasteiger partial charge in [-0.3, -0.25) is 4.48 Å². The number of rotatable bonds is 2. The normalized spacial score (nSPS) is 40.9. The predicted molar refractivity (Wildman–Crippen MR) is 42.8 cm³/mol. The molecule has 1 aliphatic heterocycles. The number of likely N-dealkylation sites (tertiary alicyclic amines) is 1. The van der Waals surface area contributed by atoms with Crippen LogP contribution < -0.4 is 0 Å². The Morgan fingerprint density at radius 3 is 2.64 bits per heavy atom. The first-order valence-corrected chi connectivity index (χ1v) is 4.17. The van der Waals surface area contributed by atoms with E-state index in [2.05, 4.69) is 0 Å². The lowest BCUT2D eigenvalue weighted by Gasteiger charge is -2.37. The molecule has 0 aliphatic carbocycles. The van der Waals surface area contributed by atoms with Gasteiger partial charge in [-0.25, -0.2) is 0 Å². The first kappa shape index (κ1) is 8.97. The van der Waals surface area contributed by atoms with Crippen LogP contribution >= 0.6 is 0 Å². The van der Waals surface area contributed by atoms with Gasteiger partial charge in [-0.2, -0.15) is 0 Å². The summed E-state index contributed by atoms with van der Waals surface area (Å²) in [6, 6.07) is 0. The third kappa shape index (κ3) is 1.41. The molecular formula is C8H18NO2+. The quantitative estimate of drug-likeness (QED) is 0.597. The topological polar surface area (TPSA) is 29.5 Å². The molecule has 11 heavy (non-hydrogen) atoms. The van der Waals surface area contributed by atoms with E-state index in [4.69, 9.17) is 4.74 Å². The van der Waals surface area contributed by atoms with Crippen molar-refractivity contribution in [3.8, 4) is 0 Å². The van der Waals surface area contributed by atoms with Gasteiger partial charge in [0.2, 0.25) is 0 Å². The molecule has 0 saturated carbocycles. The van der Waals surface area contributed by atoms with Gasteiger partial charge in [0.05, 0.1) is 13.6 Å². The summed E-state index contributed by atoms with van der Waals surface area (Å²) in [6.45, 7) is 3.03. The fraction of sp³-hybridized carbons (Fsp3) is 1.00. The standard InChI is InChI=1S/C8H18NO2/c1-7(11-3)9(2)6-4-5-8(9)10/h7-8,10H,4-6H2,1-3H3/q+1. The molecule has 3 unspecified atom stereocenters. The van der Waals surface area contributed by atoms with Crippen molar-refractivity contribution in [2.24, 2.45) is 0 Å². The molecule has 1 saturated heterocycles. The summed E-state index contributed by atoms with van der Waals surface area (Å²) in [5, 5.41) is 9.64. The first-order chi connectivity index (χ1) is 5.11. The Balaban J connectivity index is 2.64. The number of aliphatic hydroxyl groups is 1. The minimum atomic E-state index is -0.232. The zero-order chi connectivity index (χ0) is 8.48. The molecule has 3 nitrogen and oxygen atoms in total. The van der Waals surface area contributed by atoms with Crippen molar-refractivity contribution in [2.45, 2.75) is 32.2 Å². The molecule has 0 amide bonds. The number of quaternary nitrogens is 1. The van der Waals surface area contributed by atoms with Crippen LogP contribution in [0.15, 0.2) is 0 Å². The number of aliphatic hydroxyl groups excluding tert-OH is 1. The maximum atomic E-state index is 9.64. The summed E-state index contributed by atoms with van der Waals surface area (Å²) < 4.78 is 5.87. The maximum Gasteiger partial charge on any atom is 0.192 e. The summed E-state index contributed by atoms with van der Waals surface area (Å²) in [7, 11) is 3.74. The van der Waals surface area contributed by atoms with E-state index in [1.807, 2.05) is 14.0 Å². The van der Waals surface area contributed by atoms with Crippen molar-refractivity contribution >= 4 is 0 Å². The molecule has 0 aromatic rings. The number of hydrogen-bond acceptors (Lipinski definition) is 2. The SMILES string of the molecule is COC(C)[N+]1(C)CCCC1O. The third-order valence-corrected chi connectivity index (χ3v) is 2.95. The lowest BCUT2D eigenvalue weighted by atomic mass is 10.4. The number of methoxy groups -OCH3 is 1. The van der Waals surface area contributed by atoms with E-state index in [-0.39, 0.29) is 12.5 Å². The van der Waals surface area contributed by atoms with Gasteiger partial charge in [0.25, 0.3) is 0 Å². The van der Waals surface area contributed by atoms with E-state index in [9.17, 15) is 5.11 Å². The molecule has 0 aromatic carbocycles. The second-order valence-corrected chi connectivity index (χ2v) is 3.53. The van der Waals surface area contributed by atoms with E-state index in [1.54, 1.807) is 7.11 Å². The molecule has 0 bridgehead atoms. The van der Waals surface area contributed by atoms with Gasteiger partial charge >= 0.3 is 0 Å². The molecule has 1 rings (SSSR count). The molecule has 0 spiro atoms. The average Bonchev–Trinajstić information content (AvgIpc) is 2.32. The van der Waals surface area contributed by atoms with Crippen molar-refractivity contribution in [1.29, 1.82) is 0 Å². The van der Waals surface area contributed by atoms with Crippen LogP contribution in [-0.4, -0.2) is 42.7 Å². The van der Waals surface area contributed by atoms with Gasteiger partial charge in [-0.1, -0.05) is 0 Å². The smallest absolute Gasteiger partial charge is 0.192 e. The lowest BCUT2D eigenvalue weighted by Crippen LogP contribution is -2.54. The van der Waals surface area contributed by atoms with Crippen LogP contribution in [0.2, 0.25) is 0 Å². The highest BCUT2D eigenvalue weighted by Gasteiger charge is 2.41. The second kappa shape index (κ2) is 3.09. The van der Waals surface area contributed by atoms with Crippen molar-refractivity contribution < 1.29 is 14.3 Å². The minimum absolute atomic E-state index is 0.104. The number of ether oxygens (including phenoxy) is 1. The summed E-state index contributed by atoms with van der Waals surface area (Å²) >= 11 is 0. The molecule has 3 heteroatoms. The van der Waals surface area contributed by atoms with Gasteiger partial charge < -0.3 is 9.84 Å². The van der Waals surface area contributed by atoms with Gasteiger partial charge in [-0.05, 0) is 0 Å². The molecule has 0 radical (unpaired) electrons. The van der Waals surface area contributed by atoms with E-state index >= 15 is 0 Å². The second-order valence-electron chi connectivity index (χ2n) is 3.53. The van der Waals surface area contributed by atoms with E-state index in [0.29, 0.717) is 4.48 Å². The van der Waals surface area contributed by atoms with Gasteiger partial charge in [-0.15, -0.1) is 0 Å². The van der Waals surface area contributed by atoms with Crippen molar-refractivity contribution in [3.05, 3.63) is 0 Å².